The van der Waals surface area contributed by atoms with Gasteiger partial charge < -0.3 is 8.83 Å². The third-order valence-corrected chi connectivity index (χ3v) is 4.40. The second kappa shape index (κ2) is 7.11. The van der Waals surface area contributed by atoms with Gasteiger partial charge in [0, 0.05) is 11.3 Å². The van der Waals surface area contributed by atoms with Crippen molar-refractivity contribution in [2.24, 2.45) is 0 Å². The van der Waals surface area contributed by atoms with Gasteiger partial charge in [0.2, 0.25) is 10.0 Å². The van der Waals surface area contributed by atoms with Crippen LogP contribution < -0.4 is 4.72 Å². The fourth-order valence-corrected chi connectivity index (χ4v) is 3.14. The van der Waals surface area contributed by atoms with Gasteiger partial charge in [-0.15, -0.1) is 10.2 Å². The van der Waals surface area contributed by atoms with Crippen LogP contribution in [0, 0.1) is 0 Å². The van der Waals surface area contributed by atoms with Crippen LogP contribution in [0.15, 0.2) is 56.7 Å². The maximum absolute atomic E-state index is 12.2. The van der Waals surface area contributed by atoms with Crippen molar-refractivity contribution in [3.63, 3.8) is 0 Å². The van der Waals surface area contributed by atoms with E-state index in [4.69, 9.17) is 8.83 Å². The first-order valence-electron chi connectivity index (χ1n) is 7.02. The lowest BCUT2D eigenvalue weighted by Crippen LogP contribution is -2.10. The quantitative estimate of drug-likeness (QED) is 0.492. The molecule has 0 aliphatic heterocycles. The molecular formula is C15H13N3O5S2. The molecule has 0 saturated heterocycles. The molecule has 0 amide bonds. The topological polar surface area (TPSA) is 115 Å². The lowest BCUT2D eigenvalue weighted by Gasteiger charge is -2.04. The number of furan rings is 1. The zero-order valence-electron chi connectivity index (χ0n) is 13.0. The number of aromatic nitrogens is 2. The molecule has 0 fully saturated rings. The lowest BCUT2D eigenvalue weighted by atomic mass is 10.1. The van der Waals surface area contributed by atoms with Crippen molar-refractivity contribution in [1.29, 1.82) is 0 Å². The number of carbonyl (C=O) groups is 1. The first-order chi connectivity index (χ1) is 11.9. The van der Waals surface area contributed by atoms with Crippen LogP contribution in [0.25, 0.3) is 11.7 Å². The van der Waals surface area contributed by atoms with Crippen molar-refractivity contribution in [3.05, 3.63) is 48.2 Å². The molecule has 1 N–H and O–H groups in total. The molecule has 0 aliphatic carbocycles. The van der Waals surface area contributed by atoms with Crippen molar-refractivity contribution in [2.45, 2.75) is 5.22 Å². The third-order valence-electron chi connectivity index (χ3n) is 2.98. The Labute approximate surface area is 147 Å². The van der Waals surface area contributed by atoms with E-state index in [1.807, 2.05) is 0 Å². The van der Waals surface area contributed by atoms with Crippen LogP contribution in [0.5, 0.6) is 0 Å². The summed E-state index contributed by atoms with van der Waals surface area (Å²) < 4.78 is 35.2. The van der Waals surface area contributed by atoms with E-state index in [1.54, 1.807) is 24.3 Å². The zero-order valence-corrected chi connectivity index (χ0v) is 14.6. The molecule has 3 aromatic rings. The van der Waals surface area contributed by atoms with Crippen LogP contribution in [0.4, 0.5) is 5.69 Å². The van der Waals surface area contributed by atoms with Gasteiger partial charge in [-0.05, 0) is 36.4 Å². The van der Waals surface area contributed by atoms with Crippen LogP contribution in [-0.4, -0.2) is 36.4 Å². The number of ketones is 1. The van der Waals surface area contributed by atoms with E-state index in [-0.39, 0.29) is 22.6 Å². The highest BCUT2D eigenvalue weighted by Crippen LogP contribution is 2.24. The summed E-state index contributed by atoms with van der Waals surface area (Å²) in [6.07, 6.45) is 2.56. The molecule has 2 aromatic heterocycles. The van der Waals surface area contributed by atoms with Gasteiger partial charge in [-0.25, -0.2) is 8.42 Å². The summed E-state index contributed by atoms with van der Waals surface area (Å²) in [5, 5.41) is 7.96. The highest BCUT2D eigenvalue weighted by molar-refractivity contribution is 7.99. The molecule has 0 spiro atoms. The van der Waals surface area contributed by atoms with E-state index in [0.29, 0.717) is 17.0 Å². The fraction of sp³-hybridized carbons (Fsp3) is 0.133. The summed E-state index contributed by atoms with van der Waals surface area (Å²) in [5.74, 6) is 0.669. The number of benzene rings is 1. The second-order valence-electron chi connectivity index (χ2n) is 5.01. The van der Waals surface area contributed by atoms with Crippen LogP contribution in [0.2, 0.25) is 0 Å². The summed E-state index contributed by atoms with van der Waals surface area (Å²) >= 11 is 1.11. The summed E-state index contributed by atoms with van der Waals surface area (Å²) in [7, 11) is -3.35. The molecule has 2 heterocycles. The van der Waals surface area contributed by atoms with Gasteiger partial charge in [0.05, 0.1) is 18.3 Å². The molecule has 0 aliphatic rings. The average molecular weight is 379 g/mol. The number of Topliss-reactive ketones (excluding diaryl/α,β-unsaturated/α-hetero) is 1. The minimum Gasteiger partial charge on any atom is -0.459 e. The molecule has 25 heavy (non-hydrogen) atoms. The van der Waals surface area contributed by atoms with Gasteiger partial charge in [-0.3, -0.25) is 9.52 Å². The molecule has 3 rings (SSSR count). The Morgan fingerprint density at radius 1 is 1.20 bits per heavy atom. The van der Waals surface area contributed by atoms with Crippen molar-refractivity contribution in [3.8, 4) is 11.7 Å². The van der Waals surface area contributed by atoms with Crippen molar-refractivity contribution in [2.75, 3.05) is 16.7 Å². The van der Waals surface area contributed by atoms with Crippen LogP contribution in [-0.2, 0) is 10.0 Å². The minimum absolute atomic E-state index is 0.110. The summed E-state index contributed by atoms with van der Waals surface area (Å²) in [4.78, 5) is 12.2. The molecule has 0 atom stereocenters. The second-order valence-corrected chi connectivity index (χ2v) is 7.69. The average Bonchev–Trinajstić information content (AvgIpc) is 3.23. The molecule has 0 unspecified atom stereocenters. The molecule has 0 saturated carbocycles. The molecule has 1 aromatic carbocycles. The SMILES string of the molecule is CS(=O)(=O)Nc1ccc(C(=O)CSc2nnc(-c3ccco3)o2)cc1. The Morgan fingerprint density at radius 2 is 1.96 bits per heavy atom. The Morgan fingerprint density at radius 3 is 2.60 bits per heavy atom. The number of anilines is 1. The molecule has 8 nitrogen and oxygen atoms in total. The number of hydrogen-bond donors (Lipinski definition) is 1. The van der Waals surface area contributed by atoms with Crippen molar-refractivity contribution >= 4 is 33.3 Å². The van der Waals surface area contributed by atoms with Gasteiger partial charge in [0.25, 0.3) is 11.1 Å². The van der Waals surface area contributed by atoms with E-state index in [0.717, 1.165) is 18.0 Å². The molecular weight excluding hydrogens is 366 g/mol. The lowest BCUT2D eigenvalue weighted by molar-refractivity contribution is 0.102. The van der Waals surface area contributed by atoms with Crippen LogP contribution in [0.1, 0.15) is 10.4 Å². The summed E-state index contributed by atoms with van der Waals surface area (Å²) in [5.41, 5.74) is 0.851. The van der Waals surface area contributed by atoms with E-state index in [1.165, 1.54) is 18.4 Å². The number of hydrogen-bond acceptors (Lipinski definition) is 8. The Balaban J connectivity index is 1.59. The Kier molecular flexibility index (Phi) is 4.91. The van der Waals surface area contributed by atoms with Gasteiger partial charge in [-0.2, -0.15) is 0 Å². The summed E-state index contributed by atoms with van der Waals surface area (Å²) in [6, 6.07) is 9.57. The standard InChI is InChI=1S/C15H13N3O5S2/c1-25(20,21)18-11-6-4-10(5-7-11)12(19)9-24-15-17-16-14(23-15)13-3-2-8-22-13/h2-8,18H,9H2,1H3. The normalized spacial score (nSPS) is 11.4. The maximum atomic E-state index is 12.2. The zero-order chi connectivity index (χ0) is 17.9. The third kappa shape index (κ3) is 4.70. The number of nitrogens with zero attached hydrogens (tertiary/aromatic N) is 2. The van der Waals surface area contributed by atoms with E-state index in [2.05, 4.69) is 14.9 Å². The predicted molar refractivity (Wildman–Crippen MR) is 92.0 cm³/mol. The molecule has 10 heteroatoms. The Hall–Kier alpha value is -2.59. The van der Waals surface area contributed by atoms with Crippen LogP contribution in [0.3, 0.4) is 0 Å². The number of sulfonamides is 1. The number of carbonyl (C=O) groups excluding carboxylic acids is 1. The largest absolute Gasteiger partial charge is 0.459 e. The van der Waals surface area contributed by atoms with Gasteiger partial charge in [0.15, 0.2) is 11.5 Å². The molecule has 130 valence electrons. The first kappa shape index (κ1) is 17.2. The van der Waals surface area contributed by atoms with Gasteiger partial charge >= 0.3 is 0 Å². The van der Waals surface area contributed by atoms with Gasteiger partial charge in [0.1, 0.15) is 0 Å². The smallest absolute Gasteiger partial charge is 0.284 e. The van der Waals surface area contributed by atoms with Crippen molar-refractivity contribution in [1.82, 2.24) is 10.2 Å². The number of nitrogens with one attached hydrogen (secondary N) is 1. The highest BCUT2D eigenvalue weighted by Gasteiger charge is 2.14. The van der Waals surface area contributed by atoms with E-state index < -0.39 is 10.0 Å². The van der Waals surface area contributed by atoms with E-state index in [9.17, 15) is 13.2 Å². The summed E-state index contributed by atoms with van der Waals surface area (Å²) in [6.45, 7) is 0. The van der Waals surface area contributed by atoms with E-state index >= 15 is 0 Å². The fourth-order valence-electron chi connectivity index (χ4n) is 1.92. The predicted octanol–water partition coefficient (Wildman–Crippen LogP) is 2.68. The highest BCUT2D eigenvalue weighted by atomic mass is 32.2. The minimum atomic E-state index is -3.35. The van der Waals surface area contributed by atoms with Crippen molar-refractivity contribution < 1.29 is 22.0 Å². The molecule has 0 radical (unpaired) electrons. The number of rotatable bonds is 7. The van der Waals surface area contributed by atoms with Crippen LogP contribution >= 0.6 is 11.8 Å². The first-order valence-corrected chi connectivity index (χ1v) is 9.90. The Bertz CT molecular complexity index is 963. The number of thioether (sulfide) groups is 1. The van der Waals surface area contributed by atoms with Gasteiger partial charge in [-0.1, -0.05) is 11.8 Å². The maximum Gasteiger partial charge on any atom is 0.284 e. The monoisotopic (exact) mass is 379 g/mol. The molecule has 0 bridgehead atoms.